The Hall–Kier alpha value is -0.790. The number of amides is 1. The van der Waals surface area contributed by atoms with Crippen molar-refractivity contribution in [2.75, 3.05) is 6.54 Å². The largest absolute Gasteiger partial charge is 0.336 e. The molecule has 12 heavy (non-hydrogen) atoms. The maximum Gasteiger partial charge on any atom is 0.246 e. The molecule has 1 heterocycles. The van der Waals surface area contributed by atoms with E-state index >= 15 is 0 Å². The van der Waals surface area contributed by atoms with Crippen LogP contribution in [0.25, 0.3) is 0 Å². The first kappa shape index (κ1) is 7.84. The van der Waals surface area contributed by atoms with Crippen LogP contribution in [0.3, 0.4) is 0 Å². The number of likely N-dealkylation sites (tertiary alicyclic amines) is 1. The lowest BCUT2D eigenvalue weighted by atomic mass is 9.99. The predicted molar refractivity (Wildman–Crippen MR) is 47.7 cm³/mol. The van der Waals surface area contributed by atoms with E-state index in [0.717, 1.165) is 12.5 Å². The van der Waals surface area contributed by atoms with Crippen LogP contribution in [0.1, 0.15) is 25.7 Å². The van der Waals surface area contributed by atoms with Gasteiger partial charge in [-0.05, 0) is 37.7 Å². The lowest BCUT2D eigenvalue weighted by molar-refractivity contribution is -0.129. The van der Waals surface area contributed by atoms with Crippen molar-refractivity contribution in [3.63, 3.8) is 0 Å². The van der Waals surface area contributed by atoms with Gasteiger partial charge in [-0.15, -0.1) is 0 Å². The number of nitrogens with zero attached hydrogens (tertiary/aromatic N) is 1. The van der Waals surface area contributed by atoms with Crippen LogP contribution in [0.2, 0.25) is 0 Å². The summed E-state index contributed by atoms with van der Waals surface area (Å²) < 4.78 is 0. The Balaban J connectivity index is 2.07. The Kier molecular flexibility index (Phi) is 1.91. The molecule has 1 aliphatic carbocycles. The van der Waals surface area contributed by atoms with Crippen LogP contribution in [-0.4, -0.2) is 23.4 Å². The van der Waals surface area contributed by atoms with Crippen LogP contribution < -0.4 is 0 Å². The molecule has 2 bridgehead atoms. The van der Waals surface area contributed by atoms with Crippen molar-refractivity contribution < 1.29 is 4.79 Å². The van der Waals surface area contributed by atoms with E-state index in [-0.39, 0.29) is 5.91 Å². The van der Waals surface area contributed by atoms with Gasteiger partial charge in [0.2, 0.25) is 5.91 Å². The van der Waals surface area contributed by atoms with Gasteiger partial charge in [0.1, 0.15) is 0 Å². The molecule has 2 atom stereocenters. The van der Waals surface area contributed by atoms with Crippen molar-refractivity contribution in [1.82, 2.24) is 4.90 Å². The van der Waals surface area contributed by atoms with Gasteiger partial charge in [0, 0.05) is 12.6 Å². The molecule has 0 radical (unpaired) electrons. The minimum Gasteiger partial charge on any atom is -0.336 e. The molecule has 0 aromatic carbocycles. The second kappa shape index (κ2) is 2.92. The first-order valence-corrected chi connectivity index (χ1v) is 4.74. The smallest absolute Gasteiger partial charge is 0.246 e. The minimum atomic E-state index is 0.125. The number of fused-ring (bicyclic) bond motifs is 2. The average Bonchev–Trinajstić information content (AvgIpc) is 2.47. The van der Waals surface area contributed by atoms with Gasteiger partial charge in [0.05, 0.1) is 0 Å². The van der Waals surface area contributed by atoms with Gasteiger partial charge in [-0.3, -0.25) is 4.79 Å². The molecular weight excluding hydrogens is 150 g/mol. The molecule has 0 aromatic rings. The van der Waals surface area contributed by atoms with E-state index in [1.54, 1.807) is 0 Å². The molecule has 66 valence electrons. The van der Waals surface area contributed by atoms with Crippen LogP contribution in [0.4, 0.5) is 0 Å². The van der Waals surface area contributed by atoms with Gasteiger partial charge < -0.3 is 4.90 Å². The van der Waals surface area contributed by atoms with E-state index in [4.69, 9.17) is 0 Å². The molecule has 0 N–H and O–H groups in total. The summed E-state index contributed by atoms with van der Waals surface area (Å²) in [5.41, 5.74) is 0. The lowest BCUT2D eigenvalue weighted by Gasteiger charge is -2.32. The molecule has 1 saturated heterocycles. The predicted octanol–water partition coefficient (Wildman–Crippen LogP) is 1.57. The average molecular weight is 165 g/mol. The van der Waals surface area contributed by atoms with E-state index in [0.29, 0.717) is 6.04 Å². The SMILES string of the molecule is C=CC(=O)N1CC[C@@H]2CC[C@H]1C2. The highest BCUT2D eigenvalue weighted by Crippen LogP contribution is 2.36. The second-order valence-corrected chi connectivity index (χ2v) is 3.86. The Bertz CT molecular complexity index is 212. The van der Waals surface area contributed by atoms with Crippen molar-refractivity contribution >= 4 is 5.91 Å². The van der Waals surface area contributed by atoms with Crippen molar-refractivity contribution in [3.8, 4) is 0 Å². The van der Waals surface area contributed by atoms with Gasteiger partial charge >= 0.3 is 0 Å². The van der Waals surface area contributed by atoms with Gasteiger partial charge in [-0.1, -0.05) is 6.58 Å². The topological polar surface area (TPSA) is 20.3 Å². The molecule has 0 unspecified atom stereocenters. The van der Waals surface area contributed by atoms with Crippen LogP contribution in [-0.2, 0) is 4.79 Å². The molecule has 2 nitrogen and oxygen atoms in total. The zero-order valence-electron chi connectivity index (χ0n) is 7.33. The standard InChI is InChI=1S/C10H15NO/c1-2-10(12)11-6-5-8-3-4-9(11)7-8/h2,8-9H,1,3-7H2/t8-,9-/m0/s1. The third kappa shape index (κ3) is 1.15. The van der Waals surface area contributed by atoms with Crippen LogP contribution in [0.15, 0.2) is 12.7 Å². The Morgan fingerprint density at radius 3 is 3.00 bits per heavy atom. The third-order valence-electron chi connectivity index (χ3n) is 3.19. The van der Waals surface area contributed by atoms with Gasteiger partial charge in [-0.25, -0.2) is 0 Å². The van der Waals surface area contributed by atoms with E-state index in [1.165, 1.54) is 31.8 Å². The number of piperidine rings is 1. The van der Waals surface area contributed by atoms with E-state index in [9.17, 15) is 4.79 Å². The second-order valence-electron chi connectivity index (χ2n) is 3.86. The first-order chi connectivity index (χ1) is 5.81. The van der Waals surface area contributed by atoms with Gasteiger partial charge in [0.15, 0.2) is 0 Å². The maximum absolute atomic E-state index is 11.4. The van der Waals surface area contributed by atoms with Crippen LogP contribution in [0.5, 0.6) is 0 Å². The molecular formula is C10H15NO. The highest BCUT2D eigenvalue weighted by molar-refractivity contribution is 5.87. The normalized spacial score (nSPS) is 33.5. The molecule has 1 amide bonds. The highest BCUT2D eigenvalue weighted by atomic mass is 16.2. The summed E-state index contributed by atoms with van der Waals surface area (Å²) in [5, 5.41) is 0. The minimum absolute atomic E-state index is 0.125. The summed E-state index contributed by atoms with van der Waals surface area (Å²) >= 11 is 0. The number of carbonyl (C=O) groups is 1. The summed E-state index contributed by atoms with van der Waals surface area (Å²) in [7, 11) is 0. The van der Waals surface area contributed by atoms with Crippen molar-refractivity contribution in [1.29, 1.82) is 0 Å². The van der Waals surface area contributed by atoms with Crippen molar-refractivity contribution in [3.05, 3.63) is 12.7 Å². The fraction of sp³-hybridized carbons (Fsp3) is 0.700. The van der Waals surface area contributed by atoms with E-state index in [1.807, 2.05) is 4.90 Å². The molecule has 1 aliphatic heterocycles. The summed E-state index contributed by atoms with van der Waals surface area (Å²) in [6.07, 6.45) is 6.42. The summed E-state index contributed by atoms with van der Waals surface area (Å²) in [4.78, 5) is 13.4. The van der Waals surface area contributed by atoms with Crippen LogP contribution >= 0.6 is 0 Å². The quantitative estimate of drug-likeness (QED) is 0.540. The number of carbonyl (C=O) groups excluding carboxylic acids is 1. The summed E-state index contributed by atoms with van der Waals surface area (Å²) in [6.45, 7) is 4.49. The zero-order valence-corrected chi connectivity index (χ0v) is 7.33. The monoisotopic (exact) mass is 165 g/mol. The molecule has 2 heteroatoms. The Morgan fingerprint density at radius 2 is 2.25 bits per heavy atom. The Morgan fingerprint density at radius 1 is 1.42 bits per heavy atom. The molecule has 1 saturated carbocycles. The van der Waals surface area contributed by atoms with Crippen molar-refractivity contribution in [2.24, 2.45) is 5.92 Å². The fourth-order valence-electron chi connectivity index (χ4n) is 2.51. The summed E-state index contributed by atoms with van der Waals surface area (Å²) in [5.74, 6) is 1.03. The summed E-state index contributed by atoms with van der Waals surface area (Å²) in [6, 6.07) is 0.536. The molecule has 2 aliphatic rings. The third-order valence-corrected chi connectivity index (χ3v) is 3.19. The maximum atomic E-state index is 11.4. The molecule has 2 fully saturated rings. The van der Waals surface area contributed by atoms with Crippen molar-refractivity contribution in [2.45, 2.75) is 31.7 Å². The number of hydrogen-bond donors (Lipinski definition) is 0. The van der Waals surface area contributed by atoms with E-state index in [2.05, 4.69) is 6.58 Å². The van der Waals surface area contributed by atoms with Crippen LogP contribution in [0, 0.1) is 5.92 Å². The molecule has 0 aromatic heterocycles. The Labute approximate surface area is 73.2 Å². The van der Waals surface area contributed by atoms with Gasteiger partial charge in [0.25, 0.3) is 0 Å². The lowest BCUT2D eigenvalue weighted by Crippen LogP contribution is -2.41. The fourth-order valence-corrected chi connectivity index (χ4v) is 2.51. The van der Waals surface area contributed by atoms with Gasteiger partial charge in [-0.2, -0.15) is 0 Å². The molecule has 2 rings (SSSR count). The first-order valence-electron chi connectivity index (χ1n) is 4.74. The zero-order chi connectivity index (χ0) is 8.55. The molecule has 0 spiro atoms. The van der Waals surface area contributed by atoms with E-state index < -0.39 is 0 Å². The number of rotatable bonds is 1. The highest BCUT2D eigenvalue weighted by Gasteiger charge is 2.35. The number of hydrogen-bond acceptors (Lipinski definition) is 1.